The van der Waals surface area contributed by atoms with Gasteiger partial charge in [-0.1, -0.05) is 23.2 Å². The molecule has 0 heterocycles. The molecular weight excluding hydrogens is 379 g/mol. The zero-order chi connectivity index (χ0) is 19.1. The van der Waals surface area contributed by atoms with Crippen LogP contribution in [0.2, 0.25) is 10.0 Å². The Morgan fingerprint density at radius 1 is 0.808 bits per heavy atom. The molecule has 0 aromatic heterocycles. The highest BCUT2D eigenvalue weighted by Crippen LogP contribution is 2.23. The number of hydrogen-bond acceptors (Lipinski definition) is 4. The van der Waals surface area contributed by atoms with E-state index in [1.54, 1.807) is 24.3 Å². The molecule has 0 aliphatic rings. The Bertz CT molecular complexity index is 744. The molecule has 2 rings (SSSR count). The molecule has 2 N–H and O–H groups in total. The Morgan fingerprint density at radius 2 is 1.19 bits per heavy atom. The molecule has 0 radical (unpaired) electrons. The van der Waals surface area contributed by atoms with Gasteiger partial charge in [-0.25, -0.2) is 0 Å². The maximum Gasteiger partial charge on any atom is 0.255 e. The van der Waals surface area contributed by atoms with E-state index in [4.69, 9.17) is 32.7 Å². The van der Waals surface area contributed by atoms with Crippen molar-refractivity contribution in [2.75, 3.05) is 27.3 Å². The zero-order valence-electron chi connectivity index (χ0n) is 14.3. The van der Waals surface area contributed by atoms with Gasteiger partial charge in [0.15, 0.2) is 0 Å². The van der Waals surface area contributed by atoms with Crippen molar-refractivity contribution in [2.45, 2.75) is 0 Å². The lowest BCUT2D eigenvalue weighted by Gasteiger charge is -2.11. The van der Waals surface area contributed by atoms with E-state index in [0.29, 0.717) is 32.7 Å². The van der Waals surface area contributed by atoms with Gasteiger partial charge >= 0.3 is 0 Å². The Labute approximate surface area is 161 Å². The van der Waals surface area contributed by atoms with Gasteiger partial charge in [0, 0.05) is 23.1 Å². The first kappa shape index (κ1) is 19.9. The van der Waals surface area contributed by atoms with Crippen LogP contribution in [-0.4, -0.2) is 39.1 Å². The second-order valence-corrected chi connectivity index (χ2v) is 6.07. The lowest BCUT2D eigenvalue weighted by Crippen LogP contribution is -2.35. The number of ether oxygens (including phenoxy) is 2. The minimum atomic E-state index is -0.348. The SMILES string of the molecule is COc1ccc(Cl)cc1C(=O)NCCNC(=O)c1cc(Cl)ccc1OC. The highest BCUT2D eigenvalue weighted by molar-refractivity contribution is 6.31. The average Bonchev–Trinajstić information content (AvgIpc) is 2.64. The van der Waals surface area contributed by atoms with Crippen molar-refractivity contribution in [3.05, 3.63) is 57.6 Å². The molecule has 2 amide bonds. The quantitative estimate of drug-likeness (QED) is 0.704. The van der Waals surface area contributed by atoms with E-state index in [1.165, 1.54) is 26.4 Å². The molecule has 6 nitrogen and oxygen atoms in total. The van der Waals surface area contributed by atoms with E-state index >= 15 is 0 Å². The maximum atomic E-state index is 12.2. The van der Waals surface area contributed by atoms with Crippen molar-refractivity contribution in [1.82, 2.24) is 10.6 Å². The average molecular weight is 397 g/mol. The number of amides is 2. The molecule has 0 aliphatic carbocycles. The lowest BCUT2D eigenvalue weighted by molar-refractivity contribution is 0.0924. The van der Waals surface area contributed by atoms with E-state index < -0.39 is 0 Å². The lowest BCUT2D eigenvalue weighted by atomic mass is 10.2. The third kappa shape index (κ3) is 5.03. The van der Waals surface area contributed by atoms with Crippen molar-refractivity contribution in [2.24, 2.45) is 0 Å². The summed E-state index contributed by atoms with van der Waals surface area (Å²) in [5, 5.41) is 6.25. The summed E-state index contributed by atoms with van der Waals surface area (Å²) in [7, 11) is 2.94. The molecule has 8 heteroatoms. The number of halogens is 2. The van der Waals surface area contributed by atoms with E-state index in [-0.39, 0.29) is 24.9 Å². The largest absolute Gasteiger partial charge is 0.496 e. The van der Waals surface area contributed by atoms with Crippen LogP contribution in [0.1, 0.15) is 20.7 Å². The summed E-state index contributed by atoms with van der Waals surface area (Å²) in [6, 6.07) is 9.54. The molecule has 0 saturated carbocycles. The predicted molar refractivity (Wildman–Crippen MR) is 101 cm³/mol. The second kappa shape index (κ2) is 9.31. The van der Waals surface area contributed by atoms with Crippen LogP contribution in [0, 0.1) is 0 Å². The zero-order valence-corrected chi connectivity index (χ0v) is 15.8. The molecule has 0 spiro atoms. The summed E-state index contributed by atoms with van der Waals surface area (Å²) in [5.41, 5.74) is 0.644. The summed E-state index contributed by atoms with van der Waals surface area (Å²) in [6.45, 7) is 0.451. The van der Waals surface area contributed by atoms with E-state index in [2.05, 4.69) is 10.6 Å². The second-order valence-electron chi connectivity index (χ2n) is 5.20. The molecule has 0 unspecified atom stereocenters. The summed E-state index contributed by atoms with van der Waals surface area (Å²) in [4.78, 5) is 24.5. The monoisotopic (exact) mass is 396 g/mol. The van der Waals surface area contributed by atoms with Gasteiger partial charge in [-0.15, -0.1) is 0 Å². The first-order valence-electron chi connectivity index (χ1n) is 7.69. The summed E-state index contributed by atoms with van der Waals surface area (Å²) in [5.74, 6) is 0.136. The van der Waals surface area contributed by atoms with Crippen molar-refractivity contribution < 1.29 is 19.1 Å². The standard InChI is InChI=1S/C18H18Cl2N2O4/c1-25-15-5-3-11(19)9-13(15)17(23)21-7-8-22-18(24)14-10-12(20)4-6-16(14)26-2/h3-6,9-10H,7-8H2,1-2H3,(H,21,23)(H,22,24). The number of nitrogens with one attached hydrogen (secondary N) is 2. The summed E-state index contributed by atoms with van der Waals surface area (Å²) in [6.07, 6.45) is 0. The summed E-state index contributed by atoms with van der Waals surface area (Å²) >= 11 is 11.8. The molecule has 2 aromatic rings. The number of benzene rings is 2. The highest BCUT2D eigenvalue weighted by Gasteiger charge is 2.14. The number of rotatable bonds is 7. The van der Waals surface area contributed by atoms with Crippen LogP contribution in [0.5, 0.6) is 11.5 Å². The molecule has 0 saturated heterocycles. The molecule has 26 heavy (non-hydrogen) atoms. The fourth-order valence-corrected chi connectivity index (χ4v) is 2.60. The highest BCUT2D eigenvalue weighted by atomic mass is 35.5. The van der Waals surface area contributed by atoms with Crippen molar-refractivity contribution in [3.8, 4) is 11.5 Å². The number of carbonyl (C=O) groups excluding carboxylic acids is 2. The van der Waals surface area contributed by atoms with Crippen LogP contribution in [0.15, 0.2) is 36.4 Å². The van der Waals surface area contributed by atoms with Gasteiger partial charge in [0.25, 0.3) is 11.8 Å². The minimum absolute atomic E-state index is 0.225. The topological polar surface area (TPSA) is 76.7 Å². The molecular formula is C18H18Cl2N2O4. The Balaban J connectivity index is 1.91. The van der Waals surface area contributed by atoms with Gasteiger partial charge in [0.1, 0.15) is 11.5 Å². The summed E-state index contributed by atoms with van der Waals surface area (Å²) < 4.78 is 10.3. The normalized spacial score (nSPS) is 10.2. The van der Waals surface area contributed by atoms with E-state index in [0.717, 1.165) is 0 Å². The smallest absolute Gasteiger partial charge is 0.255 e. The molecule has 0 bridgehead atoms. The molecule has 0 atom stereocenters. The first-order valence-corrected chi connectivity index (χ1v) is 8.45. The molecule has 138 valence electrons. The molecule has 2 aromatic carbocycles. The van der Waals surface area contributed by atoms with E-state index in [9.17, 15) is 9.59 Å². The van der Waals surface area contributed by atoms with Crippen LogP contribution < -0.4 is 20.1 Å². The minimum Gasteiger partial charge on any atom is -0.496 e. The van der Waals surface area contributed by atoms with Crippen LogP contribution >= 0.6 is 23.2 Å². The van der Waals surface area contributed by atoms with Crippen LogP contribution in [0.25, 0.3) is 0 Å². The first-order chi connectivity index (χ1) is 12.5. The third-order valence-electron chi connectivity index (χ3n) is 3.51. The number of methoxy groups -OCH3 is 2. The fraction of sp³-hybridized carbons (Fsp3) is 0.222. The van der Waals surface area contributed by atoms with Gasteiger partial charge in [0.2, 0.25) is 0 Å². The Kier molecular flexibility index (Phi) is 7.12. The van der Waals surface area contributed by atoms with E-state index in [1.807, 2.05) is 0 Å². The number of hydrogen-bond donors (Lipinski definition) is 2. The molecule has 0 fully saturated rings. The maximum absolute atomic E-state index is 12.2. The van der Waals surface area contributed by atoms with Crippen molar-refractivity contribution >= 4 is 35.0 Å². The van der Waals surface area contributed by atoms with Crippen molar-refractivity contribution in [1.29, 1.82) is 0 Å². The Morgan fingerprint density at radius 3 is 1.54 bits per heavy atom. The van der Waals surface area contributed by atoms with Gasteiger partial charge in [-0.2, -0.15) is 0 Å². The Hall–Kier alpha value is -2.44. The van der Waals surface area contributed by atoms with Crippen LogP contribution in [0.3, 0.4) is 0 Å². The fourth-order valence-electron chi connectivity index (χ4n) is 2.26. The third-order valence-corrected chi connectivity index (χ3v) is 3.98. The van der Waals surface area contributed by atoms with Crippen molar-refractivity contribution in [3.63, 3.8) is 0 Å². The van der Waals surface area contributed by atoms with Gasteiger partial charge < -0.3 is 20.1 Å². The molecule has 0 aliphatic heterocycles. The van der Waals surface area contributed by atoms with Gasteiger partial charge in [-0.3, -0.25) is 9.59 Å². The van der Waals surface area contributed by atoms with Gasteiger partial charge in [0.05, 0.1) is 25.3 Å². The number of carbonyl (C=O) groups is 2. The van der Waals surface area contributed by atoms with Crippen LogP contribution in [-0.2, 0) is 0 Å². The van der Waals surface area contributed by atoms with Gasteiger partial charge in [-0.05, 0) is 36.4 Å². The van der Waals surface area contributed by atoms with Crippen LogP contribution in [0.4, 0.5) is 0 Å². The predicted octanol–water partition coefficient (Wildman–Crippen LogP) is 3.17.